The highest BCUT2D eigenvalue weighted by atomic mass is 35.5. The maximum Gasteiger partial charge on any atom is 0.269 e. The molecular formula is C17H24ClN3O3. The van der Waals surface area contributed by atoms with Crippen LogP contribution in [0, 0.1) is 16.0 Å². The molecule has 132 valence electrons. The highest BCUT2D eigenvalue weighted by Crippen LogP contribution is 2.25. The number of nitrogens with zero attached hydrogens (tertiary/aromatic N) is 2. The summed E-state index contributed by atoms with van der Waals surface area (Å²) in [6, 6.07) is 4.99. The van der Waals surface area contributed by atoms with Gasteiger partial charge in [-0.3, -0.25) is 14.9 Å². The Labute approximate surface area is 148 Å². The van der Waals surface area contributed by atoms with E-state index in [-0.39, 0.29) is 28.9 Å². The Kier molecular flexibility index (Phi) is 6.57. The minimum atomic E-state index is -0.377. The van der Waals surface area contributed by atoms with E-state index in [0.717, 1.165) is 56.4 Å². The van der Waals surface area contributed by atoms with E-state index in [0.29, 0.717) is 18.9 Å². The van der Waals surface area contributed by atoms with Crippen molar-refractivity contribution in [2.45, 2.75) is 38.6 Å². The van der Waals surface area contributed by atoms with E-state index in [9.17, 15) is 14.9 Å². The van der Waals surface area contributed by atoms with Crippen molar-refractivity contribution in [3.63, 3.8) is 0 Å². The molecule has 2 heterocycles. The van der Waals surface area contributed by atoms with Crippen molar-refractivity contribution >= 4 is 24.0 Å². The molecule has 0 atom stereocenters. The van der Waals surface area contributed by atoms with Gasteiger partial charge in [-0.05, 0) is 55.8 Å². The quantitative estimate of drug-likeness (QED) is 0.667. The van der Waals surface area contributed by atoms with Crippen molar-refractivity contribution in [2.24, 2.45) is 5.92 Å². The van der Waals surface area contributed by atoms with Crippen molar-refractivity contribution in [1.29, 1.82) is 0 Å². The topological polar surface area (TPSA) is 75.5 Å². The molecule has 1 aromatic rings. The van der Waals surface area contributed by atoms with E-state index < -0.39 is 0 Å². The number of non-ortho nitro benzene ring substituents is 1. The minimum absolute atomic E-state index is 0. The summed E-state index contributed by atoms with van der Waals surface area (Å²) >= 11 is 0. The lowest BCUT2D eigenvalue weighted by Crippen LogP contribution is -2.36. The number of benzene rings is 1. The zero-order valence-electron chi connectivity index (χ0n) is 13.7. The van der Waals surface area contributed by atoms with Crippen molar-refractivity contribution in [3.8, 4) is 0 Å². The number of carbonyl (C=O) groups excluding carboxylic acids is 1. The number of piperidine rings is 1. The van der Waals surface area contributed by atoms with Gasteiger partial charge in [0.25, 0.3) is 5.69 Å². The fourth-order valence-corrected chi connectivity index (χ4v) is 3.53. The first kappa shape index (κ1) is 18.7. The lowest BCUT2D eigenvalue weighted by Gasteiger charge is -2.30. The molecule has 2 aliphatic heterocycles. The predicted molar refractivity (Wildman–Crippen MR) is 94.3 cm³/mol. The maximum absolute atomic E-state index is 12.4. The molecule has 1 N–H and O–H groups in total. The lowest BCUT2D eigenvalue weighted by molar-refractivity contribution is -0.385. The van der Waals surface area contributed by atoms with Gasteiger partial charge >= 0.3 is 0 Å². The van der Waals surface area contributed by atoms with Gasteiger partial charge in [0.1, 0.15) is 0 Å². The monoisotopic (exact) mass is 353 g/mol. The van der Waals surface area contributed by atoms with Gasteiger partial charge in [0, 0.05) is 31.6 Å². The Balaban J connectivity index is 0.00000208. The van der Waals surface area contributed by atoms with Gasteiger partial charge < -0.3 is 10.2 Å². The van der Waals surface area contributed by atoms with Gasteiger partial charge in [-0.1, -0.05) is 6.07 Å². The van der Waals surface area contributed by atoms with Gasteiger partial charge in [0.15, 0.2) is 0 Å². The van der Waals surface area contributed by atoms with Crippen LogP contribution in [0.4, 0.5) is 5.69 Å². The minimum Gasteiger partial charge on any atom is -0.338 e. The third-order valence-corrected chi connectivity index (χ3v) is 4.99. The second-order valence-corrected chi connectivity index (χ2v) is 6.51. The number of nitro benzene ring substituents is 1. The molecule has 0 saturated carbocycles. The second-order valence-electron chi connectivity index (χ2n) is 6.51. The molecule has 0 radical (unpaired) electrons. The molecule has 3 rings (SSSR count). The van der Waals surface area contributed by atoms with Crippen LogP contribution in [0.5, 0.6) is 0 Å². The van der Waals surface area contributed by atoms with Crippen LogP contribution in [-0.2, 0) is 17.8 Å². The Morgan fingerprint density at radius 3 is 2.75 bits per heavy atom. The summed E-state index contributed by atoms with van der Waals surface area (Å²) in [5, 5.41) is 14.2. The molecule has 0 spiro atoms. The van der Waals surface area contributed by atoms with Crippen molar-refractivity contribution in [2.75, 3.05) is 19.6 Å². The van der Waals surface area contributed by atoms with E-state index in [1.165, 1.54) is 0 Å². The fourth-order valence-electron chi connectivity index (χ4n) is 3.53. The van der Waals surface area contributed by atoms with Crippen LogP contribution >= 0.6 is 12.4 Å². The Morgan fingerprint density at radius 1 is 1.29 bits per heavy atom. The van der Waals surface area contributed by atoms with Crippen LogP contribution in [0.3, 0.4) is 0 Å². The van der Waals surface area contributed by atoms with Crippen molar-refractivity contribution in [3.05, 3.63) is 39.4 Å². The molecule has 7 heteroatoms. The maximum atomic E-state index is 12.4. The molecule has 0 aliphatic carbocycles. The SMILES string of the molecule is Cl.O=C(CCC1CCNCC1)N1CCc2ccc([N+](=O)[O-])cc2C1. The molecule has 2 aliphatic rings. The van der Waals surface area contributed by atoms with Crippen LogP contribution in [0.2, 0.25) is 0 Å². The van der Waals surface area contributed by atoms with Crippen LogP contribution in [0.25, 0.3) is 0 Å². The average Bonchev–Trinajstić information content (AvgIpc) is 2.59. The number of hydrogen-bond acceptors (Lipinski definition) is 4. The summed E-state index contributed by atoms with van der Waals surface area (Å²) < 4.78 is 0. The van der Waals surface area contributed by atoms with Gasteiger partial charge in [-0.25, -0.2) is 0 Å². The highest BCUT2D eigenvalue weighted by Gasteiger charge is 2.23. The number of nitrogens with one attached hydrogen (secondary N) is 1. The largest absolute Gasteiger partial charge is 0.338 e. The zero-order valence-corrected chi connectivity index (χ0v) is 14.5. The van der Waals surface area contributed by atoms with Crippen LogP contribution in [0.15, 0.2) is 18.2 Å². The van der Waals surface area contributed by atoms with Crippen LogP contribution in [0.1, 0.15) is 36.8 Å². The van der Waals surface area contributed by atoms with E-state index in [1.54, 1.807) is 12.1 Å². The molecule has 1 amide bonds. The van der Waals surface area contributed by atoms with E-state index >= 15 is 0 Å². The molecule has 0 bridgehead atoms. The molecule has 0 aromatic heterocycles. The Bertz CT molecular complexity index is 603. The van der Waals surface area contributed by atoms with Gasteiger partial charge in [0.2, 0.25) is 5.91 Å². The third kappa shape index (κ3) is 4.45. The molecule has 1 saturated heterocycles. The highest BCUT2D eigenvalue weighted by molar-refractivity contribution is 5.85. The van der Waals surface area contributed by atoms with Crippen LogP contribution in [-0.4, -0.2) is 35.4 Å². The first-order valence-electron chi connectivity index (χ1n) is 8.38. The number of amides is 1. The van der Waals surface area contributed by atoms with Crippen molar-refractivity contribution < 1.29 is 9.72 Å². The van der Waals surface area contributed by atoms with E-state index in [2.05, 4.69) is 5.32 Å². The number of halogens is 1. The molecule has 0 unspecified atom stereocenters. The predicted octanol–water partition coefficient (Wildman–Crippen LogP) is 2.68. The standard InChI is InChI=1S/C17H23N3O3.ClH/c21-17(4-1-13-5-8-18-9-6-13)19-10-7-14-2-3-16(20(22)23)11-15(14)12-19;/h2-3,11,13,18H,1,4-10,12H2;1H. The third-order valence-electron chi connectivity index (χ3n) is 4.99. The number of rotatable bonds is 4. The molecule has 24 heavy (non-hydrogen) atoms. The molecule has 1 aromatic carbocycles. The molecular weight excluding hydrogens is 330 g/mol. The smallest absolute Gasteiger partial charge is 0.269 e. The summed E-state index contributed by atoms with van der Waals surface area (Å²) in [5.74, 6) is 0.832. The lowest BCUT2D eigenvalue weighted by atomic mass is 9.92. The van der Waals surface area contributed by atoms with Gasteiger partial charge in [-0.2, -0.15) is 0 Å². The van der Waals surface area contributed by atoms with E-state index in [4.69, 9.17) is 0 Å². The first-order chi connectivity index (χ1) is 11.1. The summed E-state index contributed by atoms with van der Waals surface area (Å²) in [5.41, 5.74) is 2.14. The summed E-state index contributed by atoms with van der Waals surface area (Å²) in [6.07, 6.45) is 4.64. The number of hydrogen-bond donors (Lipinski definition) is 1. The Hall–Kier alpha value is -1.66. The van der Waals surface area contributed by atoms with Crippen molar-refractivity contribution in [1.82, 2.24) is 10.2 Å². The zero-order chi connectivity index (χ0) is 16.2. The average molecular weight is 354 g/mol. The van der Waals surface area contributed by atoms with E-state index in [1.807, 2.05) is 11.0 Å². The number of carbonyl (C=O) groups is 1. The van der Waals surface area contributed by atoms with Gasteiger partial charge in [0.05, 0.1) is 4.92 Å². The van der Waals surface area contributed by atoms with Gasteiger partial charge in [-0.15, -0.1) is 12.4 Å². The number of nitro groups is 1. The Morgan fingerprint density at radius 2 is 2.04 bits per heavy atom. The second kappa shape index (κ2) is 8.44. The number of fused-ring (bicyclic) bond motifs is 1. The molecule has 1 fully saturated rings. The van der Waals surface area contributed by atoms with Crippen LogP contribution < -0.4 is 5.32 Å². The summed E-state index contributed by atoms with van der Waals surface area (Å²) in [4.78, 5) is 24.8. The normalized spacial score (nSPS) is 17.8. The summed E-state index contributed by atoms with van der Waals surface area (Å²) in [7, 11) is 0. The summed E-state index contributed by atoms with van der Waals surface area (Å²) in [6.45, 7) is 3.33. The molecule has 6 nitrogen and oxygen atoms in total. The fraction of sp³-hybridized carbons (Fsp3) is 0.588. The first-order valence-corrected chi connectivity index (χ1v) is 8.38.